The molecule has 0 bridgehead atoms. The zero-order valence-corrected chi connectivity index (χ0v) is 19.7. The molecule has 37 heavy (non-hydrogen) atoms. The molecule has 9 nitrogen and oxygen atoms in total. The molecule has 0 saturated heterocycles. The number of nitrogen functional groups attached to an aromatic ring is 1. The monoisotopic (exact) mass is 507 g/mol. The SMILES string of the molecule is CC#CC(=O)N(C)Cc1nc(-c2ccc(C(=O)Nc3cc(C(F)(F)F)ccn3)cc2)c2c(N)nccn12. The number of imidazole rings is 1. The number of nitrogens with two attached hydrogens (primary N) is 1. The van der Waals surface area contributed by atoms with Crippen molar-refractivity contribution in [1.29, 1.82) is 0 Å². The predicted molar refractivity (Wildman–Crippen MR) is 130 cm³/mol. The average molecular weight is 507 g/mol. The first kappa shape index (κ1) is 25.2. The van der Waals surface area contributed by atoms with Crippen molar-refractivity contribution in [2.75, 3.05) is 18.1 Å². The van der Waals surface area contributed by atoms with Gasteiger partial charge in [0.25, 0.3) is 11.8 Å². The summed E-state index contributed by atoms with van der Waals surface area (Å²) in [5.74, 6) is 4.55. The molecule has 12 heteroatoms. The summed E-state index contributed by atoms with van der Waals surface area (Å²) in [6, 6.07) is 7.84. The molecule has 1 aromatic carbocycles. The molecule has 0 atom stereocenters. The van der Waals surface area contributed by atoms with Gasteiger partial charge in [-0.2, -0.15) is 13.2 Å². The summed E-state index contributed by atoms with van der Waals surface area (Å²) in [4.78, 5) is 38.7. The average Bonchev–Trinajstić information content (AvgIpc) is 3.23. The van der Waals surface area contributed by atoms with Crippen molar-refractivity contribution in [3.05, 3.63) is 71.9 Å². The van der Waals surface area contributed by atoms with Gasteiger partial charge < -0.3 is 16.0 Å². The molecule has 4 rings (SSSR count). The first-order valence-electron chi connectivity index (χ1n) is 10.8. The highest BCUT2D eigenvalue weighted by molar-refractivity contribution is 6.04. The number of aromatic nitrogens is 4. The van der Waals surface area contributed by atoms with Gasteiger partial charge >= 0.3 is 6.18 Å². The predicted octanol–water partition coefficient (Wildman–Crippen LogP) is 3.63. The summed E-state index contributed by atoms with van der Waals surface area (Å²) in [5, 5.41) is 2.37. The van der Waals surface area contributed by atoms with Crippen molar-refractivity contribution < 1.29 is 22.8 Å². The lowest BCUT2D eigenvalue weighted by atomic mass is 10.1. The third kappa shape index (κ3) is 5.35. The number of amides is 2. The quantitative estimate of drug-likeness (QED) is 0.399. The van der Waals surface area contributed by atoms with Crippen molar-refractivity contribution in [2.24, 2.45) is 0 Å². The molecule has 0 fully saturated rings. The van der Waals surface area contributed by atoms with E-state index >= 15 is 0 Å². The van der Waals surface area contributed by atoms with Gasteiger partial charge in [-0.1, -0.05) is 18.1 Å². The van der Waals surface area contributed by atoms with Crippen molar-refractivity contribution >= 4 is 29.0 Å². The number of benzene rings is 1. The topological polar surface area (TPSA) is 119 Å². The number of carbonyl (C=O) groups excluding carboxylic acids is 2. The van der Waals surface area contributed by atoms with E-state index in [-0.39, 0.29) is 29.7 Å². The van der Waals surface area contributed by atoms with Gasteiger partial charge in [0.2, 0.25) is 0 Å². The third-order valence-corrected chi connectivity index (χ3v) is 5.36. The fourth-order valence-electron chi connectivity index (χ4n) is 3.57. The van der Waals surface area contributed by atoms with Crippen LogP contribution in [0.3, 0.4) is 0 Å². The number of nitrogens with one attached hydrogen (secondary N) is 1. The van der Waals surface area contributed by atoms with Crippen LogP contribution in [0.15, 0.2) is 55.0 Å². The maximum absolute atomic E-state index is 12.9. The second-order valence-corrected chi connectivity index (χ2v) is 7.90. The maximum atomic E-state index is 12.9. The van der Waals surface area contributed by atoms with Gasteiger partial charge in [-0.3, -0.25) is 14.0 Å². The summed E-state index contributed by atoms with van der Waals surface area (Å²) in [5.41, 5.74) is 7.01. The van der Waals surface area contributed by atoms with Gasteiger partial charge in [0.1, 0.15) is 28.7 Å². The first-order chi connectivity index (χ1) is 17.6. The van der Waals surface area contributed by atoms with Crippen LogP contribution in [0.4, 0.5) is 24.8 Å². The lowest BCUT2D eigenvalue weighted by molar-refractivity contribution is -0.137. The number of pyridine rings is 1. The molecular formula is C25H20F3N7O2. The van der Waals surface area contributed by atoms with Crippen LogP contribution in [0, 0.1) is 11.8 Å². The fraction of sp³-hybridized carbons (Fsp3) is 0.160. The molecule has 0 radical (unpaired) electrons. The molecule has 4 aromatic rings. The van der Waals surface area contributed by atoms with E-state index in [2.05, 4.69) is 32.1 Å². The molecule has 3 aromatic heterocycles. The number of halogens is 3. The maximum Gasteiger partial charge on any atom is 0.416 e. The Balaban J connectivity index is 1.62. The van der Waals surface area contributed by atoms with Crippen LogP contribution in [0.25, 0.3) is 16.8 Å². The van der Waals surface area contributed by atoms with E-state index in [1.807, 2.05) is 0 Å². The largest absolute Gasteiger partial charge is 0.416 e. The summed E-state index contributed by atoms with van der Waals surface area (Å²) in [6.45, 7) is 1.73. The van der Waals surface area contributed by atoms with E-state index in [1.54, 1.807) is 36.7 Å². The molecule has 2 amide bonds. The standard InChI is InChI=1S/C25H20F3N7O2/c1-3-4-20(36)34(2)14-19-33-21(22-23(29)31-11-12-35(19)22)15-5-7-16(8-6-15)24(37)32-18-13-17(9-10-30-18)25(26,27)28/h5-13H,14H2,1-2H3,(H2,29,31)(H,30,32,37). The molecule has 0 aliphatic carbocycles. The molecule has 0 aliphatic heterocycles. The molecular weight excluding hydrogens is 487 g/mol. The van der Waals surface area contributed by atoms with Gasteiger partial charge in [-0.15, -0.1) is 0 Å². The minimum absolute atomic E-state index is 0.155. The summed E-state index contributed by atoms with van der Waals surface area (Å²) < 4.78 is 40.5. The number of hydrogen-bond donors (Lipinski definition) is 2. The Kier molecular flexibility index (Phi) is 6.79. The summed E-state index contributed by atoms with van der Waals surface area (Å²) in [6.07, 6.45) is -0.398. The second-order valence-electron chi connectivity index (χ2n) is 7.90. The lowest BCUT2D eigenvalue weighted by Crippen LogP contribution is -2.25. The Morgan fingerprint density at radius 1 is 1.14 bits per heavy atom. The van der Waals surface area contributed by atoms with Crippen LogP contribution in [0.2, 0.25) is 0 Å². The summed E-state index contributed by atoms with van der Waals surface area (Å²) in [7, 11) is 1.60. The lowest BCUT2D eigenvalue weighted by Gasteiger charge is -2.12. The fourth-order valence-corrected chi connectivity index (χ4v) is 3.57. The van der Waals surface area contributed by atoms with Gasteiger partial charge in [0.05, 0.1) is 12.1 Å². The number of fused-ring (bicyclic) bond motifs is 1. The Morgan fingerprint density at radius 3 is 2.54 bits per heavy atom. The van der Waals surface area contributed by atoms with Crippen molar-refractivity contribution in [3.63, 3.8) is 0 Å². The molecule has 0 aliphatic rings. The highest BCUT2D eigenvalue weighted by Crippen LogP contribution is 2.31. The Bertz CT molecular complexity index is 1550. The third-order valence-electron chi connectivity index (χ3n) is 5.36. The van der Waals surface area contributed by atoms with Crippen molar-refractivity contribution in [1.82, 2.24) is 24.3 Å². The molecule has 188 valence electrons. The number of anilines is 2. The van der Waals surface area contributed by atoms with Crippen LogP contribution < -0.4 is 11.1 Å². The highest BCUT2D eigenvalue weighted by Gasteiger charge is 2.31. The van der Waals surface area contributed by atoms with Crippen LogP contribution in [-0.4, -0.2) is 43.1 Å². The highest BCUT2D eigenvalue weighted by atomic mass is 19.4. The number of rotatable bonds is 5. The molecule has 3 heterocycles. The molecule has 3 N–H and O–H groups in total. The van der Waals surface area contributed by atoms with Crippen LogP contribution in [0.1, 0.15) is 28.7 Å². The van der Waals surface area contributed by atoms with Gasteiger partial charge in [-0.05, 0) is 37.1 Å². The molecule has 0 saturated carbocycles. The van der Waals surface area contributed by atoms with Crippen LogP contribution in [0.5, 0.6) is 0 Å². The van der Waals surface area contributed by atoms with E-state index in [1.165, 1.54) is 23.2 Å². The van der Waals surface area contributed by atoms with Gasteiger partial charge in [0, 0.05) is 36.8 Å². The van der Waals surface area contributed by atoms with Crippen LogP contribution in [-0.2, 0) is 17.5 Å². The Morgan fingerprint density at radius 2 is 1.86 bits per heavy atom. The number of hydrogen-bond acceptors (Lipinski definition) is 6. The van der Waals surface area contributed by atoms with E-state index < -0.39 is 17.6 Å². The number of carbonyl (C=O) groups is 2. The van der Waals surface area contributed by atoms with E-state index in [0.717, 1.165) is 18.3 Å². The van der Waals surface area contributed by atoms with E-state index in [4.69, 9.17) is 5.73 Å². The normalized spacial score (nSPS) is 11.1. The zero-order valence-electron chi connectivity index (χ0n) is 19.7. The Labute approximate surface area is 209 Å². The van der Waals surface area contributed by atoms with Crippen molar-refractivity contribution in [2.45, 2.75) is 19.6 Å². The van der Waals surface area contributed by atoms with Crippen LogP contribution >= 0.6 is 0 Å². The molecule has 0 unspecified atom stereocenters. The van der Waals surface area contributed by atoms with Gasteiger partial charge in [-0.25, -0.2) is 15.0 Å². The van der Waals surface area contributed by atoms with Gasteiger partial charge in [0.15, 0.2) is 0 Å². The minimum Gasteiger partial charge on any atom is -0.382 e. The molecule has 0 spiro atoms. The summed E-state index contributed by atoms with van der Waals surface area (Å²) >= 11 is 0. The van der Waals surface area contributed by atoms with E-state index in [9.17, 15) is 22.8 Å². The minimum atomic E-state index is -4.56. The zero-order chi connectivity index (χ0) is 26.7. The first-order valence-corrected chi connectivity index (χ1v) is 10.8. The van der Waals surface area contributed by atoms with E-state index in [0.29, 0.717) is 22.6 Å². The number of nitrogens with zero attached hydrogens (tertiary/aromatic N) is 5. The number of alkyl halides is 3. The van der Waals surface area contributed by atoms with Crippen molar-refractivity contribution in [3.8, 4) is 23.1 Å². The Hall–Kier alpha value is -4.92. The second kappa shape index (κ2) is 9.98. The smallest absolute Gasteiger partial charge is 0.382 e.